The van der Waals surface area contributed by atoms with Gasteiger partial charge in [0.05, 0.1) is 5.39 Å². The van der Waals surface area contributed by atoms with Crippen LogP contribution in [0.25, 0.3) is 21.3 Å². The van der Waals surface area contributed by atoms with Crippen LogP contribution in [0.1, 0.15) is 25.7 Å². The molecule has 1 fully saturated rings. The molecular formula is C24H24N4S. The van der Waals surface area contributed by atoms with Crippen molar-refractivity contribution in [1.29, 1.82) is 0 Å². The number of nitrogens with one attached hydrogen (secondary N) is 2. The van der Waals surface area contributed by atoms with Crippen molar-refractivity contribution < 1.29 is 0 Å². The molecule has 5 heteroatoms. The van der Waals surface area contributed by atoms with E-state index in [1.165, 1.54) is 16.8 Å². The van der Waals surface area contributed by atoms with Gasteiger partial charge >= 0.3 is 0 Å². The van der Waals surface area contributed by atoms with Gasteiger partial charge in [-0.1, -0.05) is 48.5 Å². The molecule has 0 bridgehead atoms. The standard InChI is InChI=1S/C24H24N4S/c1-3-7-17(8-4-1)21-15-29-24-22(21)23(25-16-26-24)28-20-13-11-19(12-14-20)27-18-9-5-2-6-10-18/h1-10,15-16,19-20,27H,11-14H2,(H,25,26,28). The fourth-order valence-corrected chi connectivity index (χ4v) is 5.08. The molecule has 0 atom stereocenters. The van der Waals surface area contributed by atoms with E-state index in [-0.39, 0.29) is 0 Å². The number of thiophene rings is 1. The molecule has 1 aliphatic carbocycles. The van der Waals surface area contributed by atoms with Crippen molar-refractivity contribution in [3.05, 3.63) is 72.4 Å². The van der Waals surface area contributed by atoms with Crippen LogP contribution in [0.2, 0.25) is 0 Å². The average molecular weight is 401 g/mol. The lowest BCUT2D eigenvalue weighted by Crippen LogP contribution is -2.32. The van der Waals surface area contributed by atoms with Gasteiger partial charge in [0.1, 0.15) is 17.0 Å². The Balaban J connectivity index is 1.31. The molecule has 29 heavy (non-hydrogen) atoms. The van der Waals surface area contributed by atoms with Crippen LogP contribution in [0.15, 0.2) is 72.4 Å². The second-order valence-corrected chi connectivity index (χ2v) is 8.48. The monoisotopic (exact) mass is 400 g/mol. The lowest BCUT2D eigenvalue weighted by atomic mass is 9.91. The first kappa shape index (κ1) is 18.1. The second-order valence-electron chi connectivity index (χ2n) is 7.62. The number of fused-ring (bicyclic) bond motifs is 1. The summed E-state index contributed by atoms with van der Waals surface area (Å²) >= 11 is 1.69. The molecule has 2 aromatic heterocycles. The maximum Gasteiger partial charge on any atom is 0.139 e. The van der Waals surface area contributed by atoms with Gasteiger partial charge in [-0.2, -0.15) is 0 Å². The van der Waals surface area contributed by atoms with Crippen molar-refractivity contribution in [1.82, 2.24) is 9.97 Å². The Labute approximate surface area is 175 Å². The van der Waals surface area contributed by atoms with Gasteiger partial charge in [0.15, 0.2) is 0 Å². The predicted molar refractivity (Wildman–Crippen MR) is 123 cm³/mol. The predicted octanol–water partition coefficient (Wildman–Crippen LogP) is 6.19. The van der Waals surface area contributed by atoms with Crippen LogP contribution in [0.5, 0.6) is 0 Å². The van der Waals surface area contributed by atoms with Crippen LogP contribution in [0, 0.1) is 0 Å². The van der Waals surface area contributed by atoms with Crippen molar-refractivity contribution in [2.75, 3.05) is 10.6 Å². The molecule has 1 aliphatic rings. The Morgan fingerprint density at radius 3 is 2.14 bits per heavy atom. The summed E-state index contributed by atoms with van der Waals surface area (Å²) in [6, 6.07) is 22.0. The van der Waals surface area contributed by atoms with E-state index in [0.717, 1.165) is 41.7 Å². The second kappa shape index (κ2) is 8.21. The fraction of sp³-hybridized carbons (Fsp3) is 0.250. The van der Waals surface area contributed by atoms with Crippen molar-refractivity contribution >= 4 is 33.1 Å². The van der Waals surface area contributed by atoms with Gasteiger partial charge in [0, 0.05) is 28.7 Å². The third-order valence-electron chi connectivity index (χ3n) is 5.67. The molecule has 4 nitrogen and oxygen atoms in total. The summed E-state index contributed by atoms with van der Waals surface area (Å²) in [5.41, 5.74) is 3.65. The lowest BCUT2D eigenvalue weighted by Gasteiger charge is -2.30. The summed E-state index contributed by atoms with van der Waals surface area (Å²) in [6.45, 7) is 0. The Hall–Kier alpha value is -2.92. The summed E-state index contributed by atoms with van der Waals surface area (Å²) in [6.07, 6.45) is 6.28. The fourth-order valence-electron chi connectivity index (χ4n) is 4.16. The Morgan fingerprint density at radius 1 is 0.759 bits per heavy atom. The highest BCUT2D eigenvalue weighted by atomic mass is 32.1. The van der Waals surface area contributed by atoms with Crippen LogP contribution in [0.3, 0.4) is 0 Å². The van der Waals surface area contributed by atoms with Crippen LogP contribution < -0.4 is 10.6 Å². The third kappa shape index (κ3) is 3.96. The quantitative estimate of drug-likeness (QED) is 0.419. The topological polar surface area (TPSA) is 49.8 Å². The first-order valence-electron chi connectivity index (χ1n) is 10.2. The van der Waals surface area contributed by atoms with Gasteiger partial charge in [-0.15, -0.1) is 11.3 Å². The van der Waals surface area contributed by atoms with E-state index in [2.05, 4.69) is 86.6 Å². The first-order valence-corrected chi connectivity index (χ1v) is 11.1. The number of nitrogens with zero attached hydrogens (tertiary/aromatic N) is 2. The van der Waals surface area contributed by atoms with Crippen LogP contribution in [-0.4, -0.2) is 22.1 Å². The number of benzene rings is 2. The van der Waals surface area contributed by atoms with Crippen LogP contribution in [-0.2, 0) is 0 Å². The van der Waals surface area contributed by atoms with Gasteiger partial charge < -0.3 is 10.6 Å². The SMILES string of the molecule is c1ccc(NC2CCC(Nc3ncnc4scc(-c5ccccc5)c34)CC2)cc1. The first-order chi connectivity index (χ1) is 14.4. The van der Waals surface area contributed by atoms with Gasteiger partial charge in [0.2, 0.25) is 0 Å². The van der Waals surface area contributed by atoms with E-state index in [4.69, 9.17) is 0 Å². The summed E-state index contributed by atoms with van der Waals surface area (Å²) < 4.78 is 0. The molecule has 2 N–H and O–H groups in total. The number of anilines is 2. The third-order valence-corrected chi connectivity index (χ3v) is 6.55. The number of aromatic nitrogens is 2. The number of para-hydroxylation sites is 1. The molecule has 0 amide bonds. The zero-order valence-corrected chi connectivity index (χ0v) is 17.0. The molecule has 0 spiro atoms. The van der Waals surface area contributed by atoms with E-state index in [0.29, 0.717) is 12.1 Å². The highest BCUT2D eigenvalue weighted by Gasteiger charge is 2.23. The molecule has 0 unspecified atom stereocenters. The minimum Gasteiger partial charge on any atom is -0.382 e. The van der Waals surface area contributed by atoms with Crippen molar-refractivity contribution in [3.8, 4) is 11.1 Å². The van der Waals surface area contributed by atoms with Gasteiger partial charge in [-0.25, -0.2) is 9.97 Å². The summed E-state index contributed by atoms with van der Waals surface area (Å²) in [5.74, 6) is 0.967. The van der Waals surface area contributed by atoms with Crippen molar-refractivity contribution in [2.24, 2.45) is 0 Å². The van der Waals surface area contributed by atoms with Gasteiger partial charge in [-0.3, -0.25) is 0 Å². The molecule has 4 aromatic rings. The molecule has 0 saturated heterocycles. The molecular weight excluding hydrogens is 376 g/mol. The van der Waals surface area contributed by atoms with E-state index in [9.17, 15) is 0 Å². The number of hydrogen-bond acceptors (Lipinski definition) is 5. The smallest absolute Gasteiger partial charge is 0.139 e. The average Bonchev–Trinajstić information content (AvgIpc) is 3.22. The summed E-state index contributed by atoms with van der Waals surface area (Å²) in [7, 11) is 0. The highest BCUT2D eigenvalue weighted by molar-refractivity contribution is 7.17. The van der Waals surface area contributed by atoms with Gasteiger partial charge in [-0.05, 0) is 43.4 Å². The van der Waals surface area contributed by atoms with Crippen molar-refractivity contribution in [3.63, 3.8) is 0 Å². The minimum atomic E-state index is 0.449. The van der Waals surface area contributed by atoms with E-state index >= 15 is 0 Å². The number of rotatable bonds is 5. The maximum absolute atomic E-state index is 4.61. The van der Waals surface area contributed by atoms with Crippen molar-refractivity contribution in [2.45, 2.75) is 37.8 Å². The Bertz CT molecular complexity index is 1070. The highest BCUT2D eigenvalue weighted by Crippen LogP contribution is 2.37. The summed E-state index contributed by atoms with van der Waals surface area (Å²) in [5, 5.41) is 10.7. The molecule has 2 heterocycles. The van der Waals surface area contributed by atoms with E-state index in [1.807, 2.05) is 0 Å². The Kier molecular flexibility index (Phi) is 5.13. The molecule has 2 aromatic carbocycles. The molecule has 0 aliphatic heterocycles. The normalized spacial score (nSPS) is 19.2. The molecule has 0 radical (unpaired) electrons. The van der Waals surface area contributed by atoms with E-state index < -0.39 is 0 Å². The van der Waals surface area contributed by atoms with Crippen LogP contribution in [0.4, 0.5) is 11.5 Å². The largest absolute Gasteiger partial charge is 0.382 e. The van der Waals surface area contributed by atoms with Gasteiger partial charge in [0.25, 0.3) is 0 Å². The zero-order chi connectivity index (χ0) is 19.5. The molecule has 5 rings (SSSR count). The zero-order valence-electron chi connectivity index (χ0n) is 16.2. The molecule has 1 saturated carbocycles. The lowest BCUT2D eigenvalue weighted by molar-refractivity contribution is 0.428. The Morgan fingerprint density at radius 2 is 1.41 bits per heavy atom. The maximum atomic E-state index is 4.61. The van der Waals surface area contributed by atoms with E-state index in [1.54, 1.807) is 17.7 Å². The minimum absolute atomic E-state index is 0.449. The summed E-state index contributed by atoms with van der Waals surface area (Å²) in [4.78, 5) is 10.2. The number of hydrogen-bond donors (Lipinski definition) is 2. The van der Waals surface area contributed by atoms with Crippen LogP contribution >= 0.6 is 11.3 Å². The molecule has 146 valence electrons.